The first-order valence-corrected chi connectivity index (χ1v) is 6.29. The van der Waals surface area contributed by atoms with E-state index in [4.69, 9.17) is 16.3 Å². The summed E-state index contributed by atoms with van der Waals surface area (Å²) >= 11 is 5.25. The maximum Gasteiger partial charge on any atom is 0.225 e. The summed E-state index contributed by atoms with van der Waals surface area (Å²) in [5.41, 5.74) is 0. The Morgan fingerprint density at radius 2 is 2.15 bits per heavy atom. The first-order valence-electron chi connectivity index (χ1n) is 4.10. The Balaban J connectivity index is 4.08. The van der Waals surface area contributed by atoms with Crippen LogP contribution in [0.2, 0.25) is 0 Å². The van der Waals surface area contributed by atoms with Gasteiger partial charge in [0, 0.05) is 13.2 Å². The van der Waals surface area contributed by atoms with Crippen molar-refractivity contribution >= 4 is 21.6 Å². The molecule has 0 fully saturated rings. The molecule has 0 aromatic rings. The molecule has 0 aromatic heterocycles. The first kappa shape index (κ1) is 13.2. The molecule has 0 heterocycles. The molecule has 0 spiro atoms. The molecule has 0 radical (unpaired) electrons. The van der Waals surface area contributed by atoms with Crippen molar-refractivity contribution in [3.8, 4) is 0 Å². The van der Waals surface area contributed by atoms with Crippen molar-refractivity contribution in [1.29, 1.82) is 0 Å². The summed E-state index contributed by atoms with van der Waals surface area (Å²) in [6.45, 7) is 2.36. The van der Waals surface area contributed by atoms with Crippen molar-refractivity contribution in [3.63, 3.8) is 0 Å². The molecule has 0 rings (SSSR count). The Morgan fingerprint density at radius 1 is 1.54 bits per heavy atom. The molecular weight excluding hydrogens is 214 g/mol. The zero-order valence-corrected chi connectivity index (χ0v) is 9.49. The summed E-state index contributed by atoms with van der Waals surface area (Å²) in [5, 5.41) is -0.406. The highest BCUT2D eigenvalue weighted by atomic mass is 35.5. The van der Waals surface area contributed by atoms with Gasteiger partial charge in [0.2, 0.25) is 10.0 Å². The molecule has 6 heteroatoms. The van der Waals surface area contributed by atoms with Crippen LogP contribution >= 0.6 is 11.6 Å². The number of rotatable bonds is 7. The van der Waals surface area contributed by atoms with Gasteiger partial charge < -0.3 is 4.74 Å². The van der Waals surface area contributed by atoms with Crippen LogP contribution in [0, 0.1) is 0 Å². The van der Waals surface area contributed by atoms with Gasteiger partial charge in [-0.25, -0.2) is 13.1 Å². The van der Waals surface area contributed by atoms with E-state index in [0.717, 1.165) is 12.8 Å². The smallest absolute Gasteiger partial charge is 0.225 e. The standard InChI is InChI=1S/C7H16ClNO3S/c1-3-4-7(5-12-2)9-13(10,11)6-8/h7,9H,3-6H2,1-2H3. The fraction of sp³-hybridized carbons (Fsp3) is 1.00. The van der Waals surface area contributed by atoms with Crippen LogP contribution in [0.25, 0.3) is 0 Å². The van der Waals surface area contributed by atoms with Gasteiger partial charge in [-0.2, -0.15) is 0 Å². The van der Waals surface area contributed by atoms with Crippen LogP contribution < -0.4 is 4.72 Å². The Kier molecular flexibility index (Phi) is 6.67. The molecule has 0 aromatic carbocycles. The van der Waals surface area contributed by atoms with Gasteiger partial charge in [0.05, 0.1) is 6.61 Å². The summed E-state index contributed by atoms with van der Waals surface area (Å²) in [5.74, 6) is 0. The van der Waals surface area contributed by atoms with E-state index in [2.05, 4.69) is 4.72 Å². The molecular formula is C7H16ClNO3S. The molecule has 80 valence electrons. The van der Waals surface area contributed by atoms with E-state index in [0.29, 0.717) is 6.61 Å². The lowest BCUT2D eigenvalue weighted by Crippen LogP contribution is -2.38. The third kappa shape index (κ3) is 6.26. The minimum atomic E-state index is -3.33. The van der Waals surface area contributed by atoms with Gasteiger partial charge in [-0.15, -0.1) is 11.6 Å². The molecule has 0 saturated heterocycles. The monoisotopic (exact) mass is 229 g/mol. The van der Waals surface area contributed by atoms with Gasteiger partial charge in [0.15, 0.2) is 0 Å². The largest absolute Gasteiger partial charge is 0.383 e. The third-order valence-corrected chi connectivity index (χ3v) is 3.34. The van der Waals surface area contributed by atoms with Gasteiger partial charge in [0.1, 0.15) is 5.21 Å². The lowest BCUT2D eigenvalue weighted by molar-refractivity contribution is 0.171. The lowest BCUT2D eigenvalue weighted by Gasteiger charge is -2.15. The van der Waals surface area contributed by atoms with Crippen LogP contribution in [-0.2, 0) is 14.8 Å². The number of nitrogens with one attached hydrogen (secondary N) is 1. The summed E-state index contributed by atoms with van der Waals surface area (Å²) < 4.78 is 29.5. The van der Waals surface area contributed by atoms with Crippen molar-refractivity contribution in [3.05, 3.63) is 0 Å². The number of hydrogen-bond acceptors (Lipinski definition) is 3. The number of sulfonamides is 1. The summed E-state index contributed by atoms with van der Waals surface area (Å²) in [4.78, 5) is 0. The second-order valence-electron chi connectivity index (χ2n) is 2.78. The van der Waals surface area contributed by atoms with Crippen LogP contribution in [-0.4, -0.2) is 33.4 Å². The van der Waals surface area contributed by atoms with E-state index in [9.17, 15) is 8.42 Å². The maximum absolute atomic E-state index is 11.1. The topological polar surface area (TPSA) is 55.4 Å². The third-order valence-electron chi connectivity index (χ3n) is 1.49. The van der Waals surface area contributed by atoms with E-state index in [1.165, 1.54) is 7.11 Å². The Bertz CT molecular complexity index is 212. The molecule has 13 heavy (non-hydrogen) atoms. The number of methoxy groups -OCH3 is 1. The molecule has 1 unspecified atom stereocenters. The maximum atomic E-state index is 11.1. The van der Waals surface area contributed by atoms with E-state index in [-0.39, 0.29) is 6.04 Å². The fourth-order valence-electron chi connectivity index (χ4n) is 1.01. The quantitative estimate of drug-likeness (QED) is 0.661. The van der Waals surface area contributed by atoms with E-state index in [1.807, 2.05) is 6.92 Å². The molecule has 0 amide bonds. The number of halogens is 1. The molecule has 0 aliphatic heterocycles. The van der Waals surface area contributed by atoms with Crippen LogP contribution in [0.1, 0.15) is 19.8 Å². The second-order valence-corrected chi connectivity index (χ2v) is 5.12. The summed E-state index contributed by atoms with van der Waals surface area (Å²) in [6.07, 6.45) is 1.66. The first-order chi connectivity index (χ1) is 6.05. The van der Waals surface area contributed by atoms with Crippen LogP contribution in [0.5, 0.6) is 0 Å². The van der Waals surface area contributed by atoms with Crippen molar-refractivity contribution in [2.45, 2.75) is 25.8 Å². The fourth-order valence-corrected chi connectivity index (χ4v) is 1.96. The average Bonchev–Trinajstić information content (AvgIpc) is 2.05. The molecule has 1 atom stereocenters. The Labute approximate surface area is 84.7 Å². The normalized spacial score (nSPS) is 14.4. The van der Waals surface area contributed by atoms with Gasteiger partial charge in [0.25, 0.3) is 0 Å². The van der Waals surface area contributed by atoms with Crippen LogP contribution in [0.3, 0.4) is 0 Å². The molecule has 1 N–H and O–H groups in total. The van der Waals surface area contributed by atoms with Crippen LogP contribution in [0.4, 0.5) is 0 Å². The van der Waals surface area contributed by atoms with Gasteiger partial charge >= 0.3 is 0 Å². The lowest BCUT2D eigenvalue weighted by atomic mass is 10.2. The molecule has 4 nitrogen and oxygen atoms in total. The van der Waals surface area contributed by atoms with Gasteiger partial charge in [-0.1, -0.05) is 13.3 Å². The zero-order chi connectivity index (χ0) is 10.3. The van der Waals surface area contributed by atoms with E-state index in [1.54, 1.807) is 0 Å². The summed E-state index contributed by atoms with van der Waals surface area (Å²) in [7, 11) is -1.79. The van der Waals surface area contributed by atoms with Gasteiger partial charge in [-0.3, -0.25) is 0 Å². The predicted octanol–water partition coefficient (Wildman–Crippen LogP) is 0.917. The van der Waals surface area contributed by atoms with Crippen molar-refractivity contribution in [1.82, 2.24) is 4.72 Å². The molecule has 0 aliphatic carbocycles. The van der Waals surface area contributed by atoms with Crippen molar-refractivity contribution in [2.75, 3.05) is 18.9 Å². The minimum Gasteiger partial charge on any atom is -0.383 e. The summed E-state index contributed by atoms with van der Waals surface area (Å²) in [6, 6.07) is -0.168. The molecule has 0 saturated carbocycles. The molecule has 0 bridgehead atoms. The highest BCUT2D eigenvalue weighted by Gasteiger charge is 2.15. The zero-order valence-electron chi connectivity index (χ0n) is 7.92. The van der Waals surface area contributed by atoms with Gasteiger partial charge in [-0.05, 0) is 6.42 Å². The predicted molar refractivity (Wildman–Crippen MR) is 53.3 cm³/mol. The minimum absolute atomic E-state index is 0.168. The SMILES string of the molecule is CCCC(COC)NS(=O)(=O)CCl. The van der Waals surface area contributed by atoms with Crippen molar-refractivity contribution in [2.24, 2.45) is 0 Å². The Morgan fingerprint density at radius 3 is 2.54 bits per heavy atom. The number of hydrogen-bond donors (Lipinski definition) is 1. The average molecular weight is 230 g/mol. The number of alkyl halides is 1. The van der Waals surface area contributed by atoms with Crippen LogP contribution in [0.15, 0.2) is 0 Å². The molecule has 0 aliphatic rings. The number of ether oxygens (including phenoxy) is 1. The van der Waals surface area contributed by atoms with E-state index < -0.39 is 15.2 Å². The Hall–Kier alpha value is 0.160. The van der Waals surface area contributed by atoms with E-state index >= 15 is 0 Å². The van der Waals surface area contributed by atoms with Crippen molar-refractivity contribution < 1.29 is 13.2 Å². The highest BCUT2D eigenvalue weighted by Crippen LogP contribution is 2.00. The second kappa shape index (κ2) is 6.59. The highest BCUT2D eigenvalue weighted by molar-refractivity contribution is 7.90.